The molecule has 0 aromatic heterocycles. The number of nitrogens with two attached hydrogens (primary N) is 1. The summed E-state index contributed by atoms with van der Waals surface area (Å²) in [6.45, 7) is 8.36. The van der Waals surface area contributed by atoms with Crippen LogP contribution in [-0.4, -0.2) is 54.0 Å². The Morgan fingerprint density at radius 2 is 1.81 bits per heavy atom. The summed E-state index contributed by atoms with van der Waals surface area (Å²) in [5, 5.41) is 0. The van der Waals surface area contributed by atoms with Crippen molar-refractivity contribution < 1.29 is 4.79 Å². The van der Waals surface area contributed by atoms with Gasteiger partial charge in [0.1, 0.15) is 0 Å². The van der Waals surface area contributed by atoms with Crippen molar-refractivity contribution in [3.63, 3.8) is 0 Å². The van der Waals surface area contributed by atoms with Crippen LogP contribution in [0.3, 0.4) is 0 Å². The lowest BCUT2D eigenvalue weighted by molar-refractivity contribution is -0.133. The molecule has 0 radical (unpaired) electrons. The van der Waals surface area contributed by atoms with Gasteiger partial charge < -0.3 is 15.5 Å². The number of rotatable bonds is 3. The zero-order valence-electron chi connectivity index (χ0n) is 10.9. The zero-order chi connectivity index (χ0) is 12.3. The highest BCUT2D eigenvalue weighted by Crippen LogP contribution is 2.17. The average Bonchev–Trinajstić information content (AvgIpc) is 2.27. The van der Waals surface area contributed by atoms with Crippen LogP contribution in [0.25, 0.3) is 0 Å². The number of likely N-dealkylation sites (N-methyl/N-ethyl adjacent to an activating group) is 1. The fourth-order valence-corrected chi connectivity index (χ4v) is 2.29. The SMILES string of the molecule is CC(N)C(=O)N(C)C1CCN(C(C)C)CC1. The van der Waals surface area contributed by atoms with E-state index in [1.54, 1.807) is 6.92 Å². The highest BCUT2D eigenvalue weighted by molar-refractivity contribution is 5.81. The predicted molar refractivity (Wildman–Crippen MR) is 66.2 cm³/mol. The standard InChI is InChI=1S/C12H25N3O/c1-9(2)15-7-5-11(6-8-15)14(4)12(16)10(3)13/h9-11H,5-8,13H2,1-4H3. The molecule has 0 aromatic carbocycles. The number of nitrogens with zero attached hydrogens (tertiary/aromatic N) is 2. The Labute approximate surface area is 98.8 Å². The number of likely N-dealkylation sites (tertiary alicyclic amines) is 1. The van der Waals surface area contributed by atoms with Gasteiger partial charge in [-0.15, -0.1) is 0 Å². The van der Waals surface area contributed by atoms with E-state index in [1.165, 1.54) is 0 Å². The Kier molecular flexibility index (Phi) is 4.74. The van der Waals surface area contributed by atoms with E-state index in [1.807, 2.05) is 11.9 Å². The lowest BCUT2D eigenvalue weighted by Crippen LogP contribution is -2.50. The summed E-state index contributed by atoms with van der Waals surface area (Å²) in [6, 6.07) is 0.594. The van der Waals surface area contributed by atoms with Crippen molar-refractivity contribution >= 4 is 5.91 Å². The van der Waals surface area contributed by atoms with Crippen molar-refractivity contribution in [2.45, 2.75) is 51.7 Å². The number of carbonyl (C=O) groups is 1. The molecule has 1 amide bonds. The quantitative estimate of drug-likeness (QED) is 0.771. The van der Waals surface area contributed by atoms with Crippen LogP contribution in [0.2, 0.25) is 0 Å². The highest BCUT2D eigenvalue weighted by atomic mass is 16.2. The summed E-state index contributed by atoms with van der Waals surface area (Å²) < 4.78 is 0. The summed E-state index contributed by atoms with van der Waals surface area (Å²) in [5.74, 6) is 0.0583. The van der Waals surface area contributed by atoms with E-state index in [4.69, 9.17) is 5.73 Å². The molecule has 2 N–H and O–H groups in total. The Bertz CT molecular complexity index is 232. The fraction of sp³-hybridized carbons (Fsp3) is 0.917. The van der Waals surface area contributed by atoms with Crippen LogP contribution in [0.5, 0.6) is 0 Å². The van der Waals surface area contributed by atoms with Gasteiger partial charge in [-0.1, -0.05) is 0 Å². The molecule has 1 saturated heterocycles. The first-order valence-corrected chi connectivity index (χ1v) is 6.19. The summed E-state index contributed by atoms with van der Waals surface area (Å²) in [7, 11) is 1.88. The maximum absolute atomic E-state index is 11.7. The molecule has 1 unspecified atom stereocenters. The summed E-state index contributed by atoms with van der Waals surface area (Å²) >= 11 is 0. The summed E-state index contributed by atoms with van der Waals surface area (Å²) in [6.07, 6.45) is 2.13. The molecule has 1 rings (SSSR count). The second kappa shape index (κ2) is 5.64. The minimum Gasteiger partial charge on any atom is -0.341 e. The number of amides is 1. The van der Waals surface area contributed by atoms with E-state index in [0.29, 0.717) is 12.1 Å². The third-order valence-electron chi connectivity index (χ3n) is 3.51. The van der Waals surface area contributed by atoms with Gasteiger partial charge in [0.2, 0.25) is 5.91 Å². The van der Waals surface area contributed by atoms with Gasteiger partial charge in [0, 0.05) is 32.2 Å². The molecule has 0 bridgehead atoms. The van der Waals surface area contributed by atoms with Crippen LogP contribution in [0, 0.1) is 0 Å². The highest BCUT2D eigenvalue weighted by Gasteiger charge is 2.27. The molecule has 1 fully saturated rings. The van der Waals surface area contributed by atoms with Gasteiger partial charge in [0.05, 0.1) is 6.04 Å². The number of carbonyl (C=O) groups excluding carboxylic acids is 1. The second-order valence-electron chi connectivity index (χ2n) is 5.10. The van der Waals surface area contributed by atoms with Gasteiger partial charge in [-0.2, -0.15) is 0 Å². The Balaban J connectivity index is 2.44. The normalized spacial score (nSPS) is 21.1. The van der Waals surface area contributed by atoms with Gasteiger partial charge in [-0.25, -0.2) is 0 Å². The maximum Gasteiger partial charge on any atom is 0.239 e. The van der Waals surface area contributed by atoms with Gasteiger partial charge in [-0.05, 0) is 33.6 Å². The monoisotopic (exact) mass is 227 g/mol. The van der Waals surface area contributed by atoms with Gasteiger partial charge in [-0.3, -0.25) is 4.79 Å². The first-order chi connectivity index (χ1) is 7.43. The molecule has 1 aliphatic rings. The predicted octanol–water partition coefficient (Wildman–Crippen LogP) is 0.665. The molecule has 4 nitrogen and oxygen atoms in total. The van der Waals surface area contributed by atoms with E-state index < -0.39 is 0 Å². The molecule has 94 valence electrons. The average molecular weight is 227 g/mol. The molecule has 1 aliphatic heterocycles. The Hall–Kier alpha value is -0.610. The number of hydrogen-bond acceptors (Lipinski definition) is 3. The smallest absolute Gasteiger partial charge is 0.239 e. The Morgan fingerprint density at radius 1 is 1.31 bits per heavy atom. The minimum absolute atomic E-state index is 0.0583. The lowest BCUT2D eigenvalue weighted by atomic mass is 10.0. The van der Waals surface area contributed by atoms with Crippen molar-refractivity contribution in [2.24, 2.45) is 5.73 Å². The first kappa shape index (κ1) is 13.5. The van der Waals surface area contributed by atoms with E-state index in [-0.39, 0.29) is 11.9 Å². The van der Waals surface area contributed by atoms with Crippen molar-refractivity contribution in [3.8, 4) is 0 Å². The first-order valence-electron chi connectivity index (χ1n) is 6.19. The van der Waals surface area contributed by atoms with Crippen LogP contribution in [-0.2, 0) is 4.79 Å². The maximum atomic E-state index is 11.7. The molecule has 4 heteroatoms. The van der Waals surface area contributed by atoms with Gasteiger partial charge in [0.25, 0.3) is 0 Å². The van der Waals surface area contributed by atoms with Crippen LogP contribution in [0.15, 0.2) is 0 Å². The number of piperidine rings is 1. The molecule has 16 heavy (non-hydrogen) atoms. The fourth-order valence-electron chi connectivity index (χ4n) is 2.29. The van der Waals surface area contributed by atoms with Crippen molar-refractivity contribution in [3.05, 3.63) is 0 Å². The van der Waals surface area contributed by atoms with Crippen LogP contribution in [0.4, 0.5) is 0 Å². The molecular formula is C12H25N3O. The Morgan fingerprint density at radius 3 is 2.19 bits per heavy atom. The molecule has 0 spiro atoms. The van der Waals surface area contributed by atoms with Crippen molar-refractivity contribution in [1.29, 1.82) is 0 Å². The molecular weight excluding hydrogens is 202 g/mol. The molecule has 1 atom stereocenters. The summed E-state index contributed by atoms with van der Waals surface area (Å²) in [5.41, 5.74) is 5.62. The molecule has 0 saturated carbocycles. The van der Waals surface area contributed by atoms with Crippen LogP contribution >= 0.6 is 0 Å². The minimum atomic E-state index is -0.381. The van der Waals surface area contributed by atoms with Crippen LogP contribution in [0.1, 0.15) is 33.6 Å². The molecule has 1 heterocycles. The van der Waals surface area contributed by atoms with E-state index in [0.717, 1.165) is 25.9 Å². The molecule has 0 aliphatic carbocycles. The van der Waals surface area contributed by atoms with Crippen molar-refractivity contribution in [1.82, 2.24) is 9.80 Å². The van der Waals surface area contributed by atoms with Gasteiger partial charge >= 0.3 is 0 Å². The summed E-state index contributed by atoms with van der Waals surface area (Å²) in [4.78, 5) is 16.0. The largest absolute Gasteiger partial charge is 0.341 e. The van der Waals surface area contributed by atoms with E-state index in [2.05, 4.69) is 18.7 Å². The topological polar surface area (TPSA) is 49.6 Å². The third-order valence-corrected chi connectivity index (χ3v) is 3.51. The zero-order valence-corrected chi connectivity index (χ0v) is 10.9. The molecule has 0 aromatic rings. The second-order valence-corrected chi connectivity index (χ2v) is 5.10. The van der Waals surface area contributed by atoms with E-state index >= 15 is 0 Å². The van der Waals surface area contributed by atoms with Gasteiger partial charge in [0.15, 0.2) is 0 Å². The number of hydrogen-bond donors (Lipinski definition) is 1. The van der Waals surface area contributed by atoms with Crippen LogP contribution < -0.4 is 5.73 Å². The lowest BCUT2D eigenvalue weighted by Gasteiger charge is -2.39. The van der Waals surface area contributed by atoms with Crippen molar-refractivity contribution in [2.75, 3.05) is 20.1 Å². The third kappa shape index (κ3) is 3.19. The van der Waals surface area contributed by atoms with E-state index in [9.17, 15) is 4.79 Å².